The lowest BCUT2D eigenvalue weighted by molar-refractivity contribution is 0.0928. The highest BCUT2D eigenvalue weighted by Gasteiger charge is 2.40. The van der Waals surface area contributed by atoms with Gasteiger partial charge in [0, 0.05) is 18.3 Å². The van der Waals surface area contributed by atoms with Crippen LogP contribution in [0.5, 0.6) is 0 Å². The first-order valence-electron chi connectivity index (χ1n) is 7.45. The number of benzene rings is 1. The summed E-state index contributed by atoms with van der Waals surface area (Å²) in [5.74, 6) is 0.270. The van der Waals surface area contributed by atoms with Gasteiger partial charge in [0.25, 0.3) is 5.91 Å². The normalized spacial score (nSPS) is 26.3. The summed E-state index contributed by atoms with van der Waals surface area (Å²) in [6.07, 6.45) is 3.83. The van der Waals surface area contributed by atoms with E-state index in [0.29, 0.717) is 17.0 Å². The molecule has 0 spiro atoms. The highest BCUT2D eigenvalue weighted by atomic mass is 32.1. The van der Waals surface area contributed by atoms with Crippen LogP contribution in [0.15, 0.2) is 30.5 Å². The standard InChI is InChI=1S/C16H16FN3OS/c17-11-3-1-2-10(6-11)14-8-19-16(22-14)15(21)20-13-5-9-4-12(13)18-7-9/h1-3,6,8-9,12-13,18H,4-5,7H2,(H,20,21). The van der Waals surface area contributed by atoms with Gasteiger partial charge in [0.15, 0.2) is 5.01 Å². The predicted molar refractivity (Wildman–Crippen MR) is 83.3 cm³/mol. The average molecular weight is 317 g/mol. The van der Waals surface area contributed by atoms with Crippen LogP contribution >= 0.6 is 11.3 Å². The van der Waals surface area contributed by atoms with Gasteiger partial charge in [-0.2, -0.15) is 0 Å². The molecule has 1 aliphatic carbocycles. The minimum atomic E-state index is -0.287. The number of amides is 1. The highest BCUT2D eigenvalue weighted by Crippen LogP contribution is 2.32. The van der Waals surface area contributed by atoms with Crippen LogP contribution < -0.4 is 10.6 Å². The van der Waals surface area contributed by atoms with Gasteiger partial charge in [-0.1, -0.05) is 12.1 Å². The molecule has 1 aliphatic heterocycles. The molecule has 1 saturated heterocycles. The number of carbonyl (C=O) groups excluding carboxylic acids is 1. The second kappa shape index (κ2) is 5.44. The maximum absolute atomic E-state index is 13.3. The molecule has 1 aromatic heterocycles. The number of nitrogens with one attached hydrogen (secondary N) is 2. The Kier molecular flexibility index (Phi) is 3.43. The van der Waals surface area contributed by atoms with Crippen molar-refractivity contribution in [2.45, 2.75) is 24.9 Å². The molecule has 114 valence electrons. The molecule has 4 nitrogen and oxygen atoms in total. The number of hydrogen-bond donors (Lipinski definition) is 2. The molecule has 3 unspecified atom stereocenters. The molecule has 1 saturated carbocycles. The van der Waals surface area contributed by atoms with E-state index in [0.717, 1.165) is 29.8 Å². The Bertz CT molecular complexity index is 717. The number of hydrogen-bond acceptors (Lipinski definition) is 4. The van der Waals surface area contributed by atoms with E-state index in [1.807, 2.05) is 6.07 Å². The Balaban J connectivity index is 1.48. The van der Waals surface area contributed by atoms with E-state index < -0.39 is 0 Å². The summed E-state index contributed by atoms with van der Waals surface area (Å²) in [5.41, 5.74) is 0.748. The molecule has 4 rings (SSSR count). The second-order valence-electron chi connectivity index (χ2n) is 5.97. The molecule has 0 radical (unpaired) electrons. The van der Waals surface area contributed by atoms with Crippen molar-refractivity contribution in [2.75, 3.05) is 6.54 Å². The third kappa shape index (κ3) is 2.53. The maximum atomic E-state index is 13.3. The van der Waals surface area contributed by atoms with Gasteiger partial charge in [-0.15, -0.1) is 11.3 Å². The van der Waals surface area contributed by atoms with Crippen molar-refractivity contribution in [1.29, 1.82) is 0 Å². The van der Waals surface area contributed by atoms with Gasteiger partial charge in [-0.25, -0.2) is 9.37 Å². The monoisotopic (exact) mass is 317 g/mol. The summed E-state index contributed by atoms with van der Waals surface area (Å²) in [6, 6.07) is 6.93. The molecule has 2 aromatic rings. The zero-order valence-electron chi connectivity index (χ0n) is 11.9. The van der Waals surface area contributed by atoms with E-state index in [2.05, 4.69) is 15.6 Å². The summed E-state index contributed by atoms with van der Waals surface area (Å²) in [4.78, 5) is 17.3. The van der Waals surface area contributed by atoms with Gasteiger partial charge in [-0.05, 0) is 43.0 Å². The molecule has 2 fully saturated rings. The summed E-state index contributed by atoms with van der Waals surface area (Å²) in [6.45, 7) is 1.07. The first-order chi connectivity index (χ1) is 10.7. The fourth-order valence-electron chi connectivity index (χ4n) is 3.40. The van der Waals surface area contributed by atoms with Gasteiger partial charge in [0.05, 0.1) is 4.88 Å². The fraction of sp³-hybridized carbons (Fsp3) is 0.375. The smallest absolute Gasteiger partial charge is 0.280 e. The number of piperidine rings is 1. The van der Waals surface area contributed by atoms with Gasteiger partial charge in [0.1, 0.15) is 5.82 Å². The first kappa shape index (κ1) is 13.8. The van der Waals surface area contributed by atoms with Crippen molar-refractivity contribution < 1.29 is 9.18 Å². The average Bonchev–Trinajstić information content (AvgIpc) is 3.23. The van der Waals surface area contributed by atoms with Gasteiger partial charge >= 0.3 is 0 Å². The molecule has 1 amide bonds. The van der Waals surface area contributed by atoms with Crippen molar-refractivity contribution in [1.82, 2.24) is 15.6 Å². The summed E-state index contributed by atoms with van der Waals surface area (Å²) in [7, 11) is 0. The second-order valence-corrected chi connectivity index (χ2v) is 7.00. The molecule has 1 aromatic carbocycles. The van der Waals surface area contributed by atoms with Crippen molar-refractivity contribution in [2.24, 2.45) is 5.92 Å². The summed E-state index contributed by atoms with van der Waals surface area (Å²) in [5, 5.41) is 6.93. The van der Waals surface area contributed by atoms with E-state index in [1.165, 1.54) is 23.5 Å². The Labute approximate surface area is 131 Å². The Morgan fingerprint density at radius 1 is 1.41 bits per heavy atom. The van der Waals surface area contributed by atoms with Gasteiger partial charge in [0.2, 0.25) is 0 Å². The van der Waals surface area contributed by atoms with E-state index in [1.54, 1.807) is 12.3 Å². The lowest BCUT2D eigenvalue weighted by atomic mass is 10.1. The Morgan fingerprint density at radius 2 is 2.32 bits per heavy atom. The van der Waals surface area contributed by atoms with Crippen LogP contribution in [-0.2, 0) is 0 Å². The highest BCUT2D eigenvalue weighted by molar-refractivity contribution is 7.16. The topological polar surface area (TPSA) is 54.0 Å². The SMILES string of the molecule is O=C(NC1CC2CNC1C2)c1ncc(-c2cccc(F)c2)s1. The third-order valence-electron chi connectivity index (χ3n) is 4.45. The molecular weight excluding hydrogens is 301 g/mol. The molecule has 2 N–H and O–H groups in total. The molecule has 3 atom stereocenters. The molecule has 6 heteroatoms. The number of aromatic nitrogens is 1. The molecule has 2 heterocycles. The number of thiazole rings is 1. The van der Waals surface area contributed by atoms with E-state index in [9.17, 15) is 9.18 Å². The first-order valence-corrected chi connectivity index (χ1v) is 8.27. The van der Waals surface area contributed by atoms with Crippen LogP contribution in [0, 0.1) is 11.7 Å². The quantitative estimate of drug-likeness (QED) is 0.914. The van der Waals surface area contributed by atoms with Gasteiger partial charge < -0.3 is 10.6 Å². The summed E-state index contributed by atoms with van der Waals surface area (Å²) >= 11 is 1.30. The van der Waals surface area contributed by atoms with Crippen molar-refractivity contribution in [3.63, 3.8) is 0 Å². The fourth-order valence-corrected chi connectivity index (χ4v) is 4.21. The van der Waals surface area contributed by atoms with Crippen LogP contribution in [0.4, 0.5) is 4.39 Å². The van der Waals surface area contributed by atoms with E-state index in [-0.39, 0.29) is 17.8 Å². The Hall–Kier alpha value is -1.79. The lowest BCUT2D eigenvalue weighted by Crippen LogP contribution is -2.47. The van der Waals surface area contributed by atoms with Crippen molar-refractivity contribution >= 4 is 17.2 Å². The van der Waals surface area contributed by atoms with Crippen LogP contribution in [-0.4, -0.2) is 29.5 Å². The third-order valence-corrected chi connectivity index (χ3v) is 5.50. The maximum Gasteiger partial charge on any atom is 0.280 e. The lowest BCUT2D eigenvalue weighted by Gasteiger charge is -2.23. The minimum Gasteiger partial charge on any atom is -0.346 e. The van der Waals surface area contributed by atoms with Gasteiger partial charge in [-0.3, -0.25) is 4.79 Å². The molecule has 2 aliphatic rings. The van der Waals surface area contributed by atoms with Crippen molar-refractivity contribution in [3.8, 4) is 10.4 Å². The molecular formula is C16H16FN3OS. The number of carbonyl (C=O) groups is 1. The van der Waals surface area contributed by atoms with E-state index >= 15 is 0 Å². The van der Waals surface area contributed by atoms with Crippen LogP contribution in [0.1, 0.15) is 22.6 Å². The number of halogens is 1. The Morgan fingerprint density at radius 3 is 3.05 bits per heavy atom. The minimum absolute atomic E-state index is 0.132. The molecule has 2 bridgehead atoms. The zero-order valence-corrected chi connectivity index (χ0v) is 12.7. The van der Waals surface area contributed by atoms with Crippen LogP contribution in [0.25, 0.3) is 10.4 Å². The zero-order chi connectivity index (χ0) is 15.1. The molecule has 22 heavy (non-hydrogen) atoms. The van der Waals surface area contributed by atoms with Crippen molar-refractivity contribution in [3.05, 3.63) is 41.3 Å². The van der Waals surface area contributed by atoms with Crippen LogP contribution in [0.2, 0.25) is 0 Å². The number of fused-ring (bicyclic) bond motifs is 2. The van der Waals surface area contributed by atoms with E-state index in [4.69, 9.17) is 0 Å². The number of nitrogens with zero attached hydrogens (tertiary/aromatic N) is 1. The summed E-state index contributed by atoms with van der Waals surface area (Å²) < 4.78 is 13.3. The largest absolute Gasteiger partial charge is 0.346 e. The number of rotatable bonds is 3. The predicted octanol–water partition coefficient (Wildman–Crippen LogP) is 2.43. The van der Waals surface area contributed by atoms with Crippen LogP contribution in [0.3, 0.4) is 0 Å².